The smallest absolute Gasteiger partial charge is 0.221 e. The molecule has 0 bridgehead atoms. The second-order valence-electron chi connectivity index (χ2n) is 10.4. The molecule has 1 amide bonds. The SMILES string of the molecule is CCCCCCCCCCCCCCCCCCNC(=O)C[C@@H]1CSC(c2ccc(OCC)cc2)N1. The Hall–Kier alpha value is -1.20. The number of carbonyl (C=O) groups excluding carboxylic acids is 1. The number of hydrogen-bond acceptors (Lipinski definition) is 4. The number of rotatable bonds is 22. The fourth-order valence-electron chi connectivity index (χ4n) is 4.94. The molecule has 206 valence electrons. The van der Waals surface area contributed by atoms with E-state index < -0.39 is 0 Å². The van der Waals surface area contributed by atoms with E-state index in [9.17, 15) is 4.79 Å². The van der Waals surface area contributed by atoms with Crippen molar-refractivity contribution in [2.75, 3.05) is 18.9 Å². The van der Waals surface area contributed by atoms with Crippen molar-refractivity contribution < 1.29 is 9.53 Å². The minimum atomic E-state index is 0.182. The second kappa shape index (κ2) is 20.8. The van der Waals surface area contributed by atoms with Gasteiger partial charge in [0.25, 0.3) is 0 Å². The van der Waals surface area contributed by atoms with Gasteiger partial charge in [0.05, 0.1) is 12.0 Å². The summed E-state index contributed by atoms with van der Waals surface area (Å²) >= 11 is 1.88. The third kappa shape index (κ3) is 14.5. The van der Waals surface area contributed by atoms with E-state index in [1.54, 1.807) is 0 Å². The summed E-state index contributed by atoms with van der Waals surface area (Å²) in [5, 5.41) is 7.00. The van der Waals surface area contributed by atoms with Crippen LogP contribution in [0.25, 0.3) is 0 Å². The largest absolute Gasteiger partial charge is 0.494 e. The normalized spacial score (nSPS) is 17.4. The van der Waals surface area contributed by atoms with Crippen molar-refractivity contribution in [1.82, 2.24) is 10.6 Å². The Morgan fingerprint density at radius 3 is 1.89 bits per heavy atom. The van der Waals surface area contributed by atoms with E-state index in [1.165, 1.54) is 102 Å². The number of amides is 1. The highest BCUT2D eigenvalue weighted by Gasteiger charge is 2.27. The molecule has 36 heavy (non-hydrogen) atoms. The average Bonchev–Trinajstić information content (AvgIpc) is 3.35. The summed E-state index contributed by atoms with van der Waals surface area (Å²) in [6, 6.07) is 8.54. The Morgan fingerprint density at radius 1 is 0.833 bits per heavy atom. The molecular weight excluding hydrogens is 464 g/mol. The molecule has 0 spiro atoms. The van der Waals surface area contributed by atoms with Crippen molar-refractivity contribution in [3.63, 3.8) is 0 Å². The van der Waals surface area contributed by atoms with Gasteiger partial charge in [-0.2, -0.15) is 0 Å². The van der Waals surface area contributed by atoms with E-state index in [0.717, 1.165) is 24.5 Å². The van der Waals surface area contributed by atoms with Crippen molar-refractivity contribution in [3.05, 3.63) is 29.8 Å². The van der Waals surface area contributed by atoms with Crippen LogP contribution in [0.1, 0.15) is 134 Å². The highest BCUT2D eigenvalue weighted by atomic mass is 32.2. The summed E-state index contributed by atoms with van der Waals surface area (Å²) in [6.45, 7) is 5.79. The molecular formula is C31H54N2O2S. The van der Waals surface area contributed by atoms with Crippen LogP contribution in [0.5, 0.6) is 5.75 Å². The van der Waals surface area contributed by atoms with E-state index in [1.807, 2.05) is 30.8 Å². The lowest BCUT2D eigenvalue weighted by Gasteiger charge is -2.14. The molecule has 0 aliphatic carbocycles. The van der Waals surface area contributed by atoms with Gasteiger partial charge in [-0.1, -0.05) is 115 Å². The van der Waals surface area contributed by atoms with Gasteiger partial charge in [-0.05, 0) is 31.0 Å². The Labute approximate surface area is 226 Å². The van der Waals surface area contributed by atoms with E-state index in [-0.39, 0.29) is 17.3 Å². The summed E-state index contributed by atoms with van der Waals surface area (Å²) in [5.74, 6) is 2.07. The molecule has 1 unspecified atom stereocenters. The first-order chi connectivity index (χ1) is 17.7. The number of carbonyl (C=O) groups is 1. The summed E-state index contributed by atoms with van der Waals surface area (Å²) in [6.07, 6.45) is 22.6. The van der Waals surface area contributed by atoms with Crippen LogP contribution in [0.3, 0.4) is 0 Å². The van der Waals surface area contributed by atoms with Gasteiger partial charge < -0.3 is 10.1 Å². The van der Waals surface area contributed by atoms with Crippen LogP contribution < -0.4 is 15.4 Å². The number of nitrogens with one attached hydrogen (secondary N) is 2. The van der Waals surface area contributed by atoms with Gasteiger partial charge in [-0.3, -0.25) is 10.1 Å². The molecule has 0 aromatic heterocycles. The molecule has 0 radical (unpaired) electrons. The Kier molecular flexibility index (Phi) is 17.9. The topological polar surface area (TPSA) is 50.4 Å². The molecule has 1 fully saturated rings. The zero-order valence-electron chi connectivity index (χ0n) is 23.3. The Bertz CT molecular complexity index is 667. The molecule has 1 saturated heterocycles. The average molecular weight is 519 g/mol. The molecule has 1 aromatic carbocycles. The van der Waals surface area contributed by atoms with E-state index >= 15 is 0 Å². The number of unbranched alkanes of at least 4 members (excludes halogenated alkanes) is 15. The lowest BCUT2D eigenvalue weighted by atomic mass is 10.0. The fraction of sp³-hybridized carbons (Fsp3) is 0.774. The third-order valence-corrected chi connectivity index (χ3v) is 8.47. The van der Waals surface area contributed by atoms with Crippen LogP contribution in [0, 0.1) is 0 Å². The lowest BCUT2D eigenvalue weighted by molar-refractivity contribution is -0.121. The zero-order chi connectivity index (χ0) is 25.7. The first-order valence-corrected chi connectivity index (χ1v) is 16.1. The number of hydrogen-bond donors (Lipinski definition) is 2. The van der Waals surface area contributed by atoms with Crippen molar-refractivity contribution in [2.24, 2.45) is 0 Å². The van der Waals surface area contributed by atoms with Crippen LogP contribution in [0.15, 0.2) is 24.3 Å². The molecule has 2 atom stereocenters. The summed E-state index contributed by atoms with van der Waals surface area (Å²) in [7, 11) is 0. The van der Waals surface area contributed by atoms with Crippen molar-refractivity contribution >= 4 is 17.7 Å². The highest BCUT2D eigenvalue weighted by molar-refractivity contribution is 7.99. The van der Waals surface area contributed by atoms with Crippen molar-refractivity contribution in [1.29, 1.82) is 0 Å². The monoisotopic (exact) mass is 518 g/mol. The maximum Gasteiger partial charge on any atom is 0.221 e. The molecule has 1 aromatic rings. The molecule has 0 saturated carbocycles. The molecule has 2 rings (SSSR count). The predicted molar refractivity (Wildman–Crippen MR) is 157 cm³/mol. The van der Waals surface area contributed by atoms with Gasteiger partial charge in [0, 0.05) is 24.8 Å². The van der Waals surface area contributed by atoms with Crippen LogP contribution >= 0.6 is 11.8 Å². The van der Waals surface area contributed by atoms with Gasteiger partial charge in [0.1, 0.15) is 5.75 Å². The van der Waals surface area contributed by atoms with Crippen molar-refractivity contribution in [2.45, 2.75) is 134 Å². The first kappa shape index (κ1) is 31.0. The molecule has 1 aliphatic rings. The predicted octanol–water partition coefficient (Wildman–Crippen LogP) is 8.56. The second-order valence-corrected chi connectivity index (χ2v) is 11.6. The van der Waals surface area contributed by atoms with Crippen LogP contribution in [0.2, 0.25) is 0 Å². The Balaban J connectivity index is 1.36. The summed E-state index contributed by atoms with van der Waals surface area (Å²) in [5.41, 5.74) is 1.25. The number of benzene rings is 1. The summed E-state index contributed by atoms with van der Waals surface area (Å²) in [4.78, 5) is 12.3. The number of ether oxygens (including phenoxy) is 1. The zero-order valence-corrected chi connectivity index (χ0v) is 24.1. The highest BCUT2D eigenvalue weighted by Crippen LogP contribution is 2.34. The maximum atomic E-state index is 12.3. The minimum absolute atomic E-state index is 0.182. The van der Waals surface area contributed by atoms with Crippen LogP contribution in [-0.2, 0) is 4.79 Å². The molecule has 2 N–H and O–H groups in total. The maximum absolute atomic E-state index is 12.3. The molecule has 5 heteroatoms. The molecule has 4 nitrogen and oxygen atoms in total. The van der Waals surface area contributed by atoms with Gasteiger partial charge >= 0.3 is 0 Å². The minimum Gasteiger partial charge on any atom is -0.494 e. The summed E-state index contributed by atoms with van der Waals surface area (Å²) < 4.78 is 5.53. The molecule has 1 heterocycles. The van der Waals surface area contributed by atoms with E-state index in [4.69, 9.17) is 4.74 Å². The third-order valence-electron chi connectivity index (χ3n) is 7.13. The quantitative estimate of drug-likeness (QED) is 0.151. The Morgan fingerprint density at radius 2 is 1.36 bits per heavy atom. The van der Waals surface area contributed by atoms with Crippen LogP contribution in [0.4, 0.5) is 0 Å². The number of thioether (sulfide) groups is 1. The van der Waals surface area contributed by atoms with Gasteiger partial charge in [0.15, 0.2) is 0 Å². The van der Waals surface area contributed by atoms with Crippen LogP contribution in [-0.4, -0.2) is 30.9 Å². The molecule has 1 aliphatic heterocycles. The standard InChI is InChI=1S/C31H54N2O2S/c1-3-5-6-7-8-9-10-11-12-13-14-15-16-17-18-19-24-32-30(34)25-28-26-36-31(33-28)27-20-22-29(23-21-27)35-4-2/h20-23,28,31,33H,3-19,24-26H2,1-2H3,(H,32,34)/t28-,31?/m1/s1. The first-order valence-electron chi connectivity index (χ1n) is 15.1. The van der Waals surface area contributed by atoms with Crippen molar-refractivity contribution in [3.8, 4) is 5.75 Å². The lowest BCUT2D eigenvalue weighted by Crippen LogP contribution is -2.34. The van der Waals surface area contributed by atoms with Gasteiger partial charge in [-0.15, -0.1) is 11.8 Å². The van der Waals surface area contributed by atoms with Gasteiger partial charge in [-0.25, -0.2) is 0 Å². The van der Waals surface area contributed by atoms with Gasteiger partial charge in [0.2, 0.25) is 5.91 Å². The van der Waals surface area contributed by atoms with E-state index in [0.29, 0.717) is 13.0 Å². The van der Waals surface area contributed by atoms with E-state index in [2.05, 4.69) is 29.7 Å². The fourth-order valence-corrected chi connectivity index (χ4v) is 6.21.